The van der Waals surface area contributed by atoms with Gasteiger partial charge in [-0.05, 0) is 73.2 Å². The number of para-hydroxylation sites is 2. The summed E-state index contributed by atoms with van der Waals surface area (Å²) in [6.45, 7) is 2.19. The lowest BCUT2D eigenvalue weighted by Crippen LogP contribution is -2.48. The van der Waals surface area contributed by atoms with E-state index in [0.717, 1.165) is 35.5 Å². The minimum Gasteiger partial charge on any atom is -0.497 e. The number of methoxy groups -OCH3 is 2. The fourth-order valence-electron chi connectivity index (χ4n) is 5.26. The van der Waals surface area contributed by atoms with Crippen LogP contribution in [-0.2, 0) is 9.59 Å². The molecule has 1 unspecified atom stereocenters. The van der Waals surface area contributed by atoms with Crippen LogP contribution in [0.2, 0.25) is 5.02 Å². The number of benzene rings is 3. The maximum Gasteiger partial charge on any atom is 0.260 e. The average Bonchev–Trinajstić information content (AvgIpc) is 3.51. The number of anilines is 1. The molecule has 9 heteroatoms. The molecule has 42 heavy (non-hydrogen) atoms. The maximum atomic E-state index is 14.4. The summed E-state index contributed by atoms with van der Waals surface area (Å²) in [6, 6.07) is 23.6. The summed E-state index contributed by atoms with van der Waals surface area (Å²) in [5.74, 6) is 1.32. The molecule has 0 saturated heterocycles. The molecule has 8 nitrogen and oxygen atoms in total. The van der Waals surface area contributed by atoms with Crippen LogP contribution in [-0.4, -0.2) is 55.2 Å². The van der Waals surface area contributed by atoms with Crippen LogP contribution in [0.3, 0.4) is 0 Å². The summed E-state index contributed by atoms with van der Waals surface area (Å²) in [5, 5.41) is 0.582. The molecular weight excluding hydrogens is 554 g/mol. The van der Waals surface area contributed by atoms with Crippen molar-refractivity contribution in [2.45, 2.75) is 25.8 Å². The van der Waals surface area contributed by atoms with Crippen molar-refractivity contribution in [1.82, 2.24) is 9.47 Å². The number of amides is 2. The average molecular weight is 588 g/mol. The third-order valence-electron chi connectivity index (χ3n) is 7.36. The largest absolute Gasteiger partial charge is 0.497 e. The molecule has 2 amide bonds. The molecule has 2 heterocycles. The zero-order valence-corrected chi connectivity index (χ0v) is 24.7. The van der Waals surface area contributed by atoms with Crippen LogP contribution < -0.4 is 19.1 Å². The first kappa shape index (κ1) is 29.1. The molecule has 0 aliphatic carbocycles. The lowest BCUT2D eigenvalue weighted by atomic mass is 9.96. The molecule has 0 radical (unpaired) electrons. The summed E-state index contributed by atoms with van der Waals surface area (Å²) in [5.41, 5.74) is 3.28. The molecule has 3 aromatic carbocycles. The predicted molar refractivity (Wildman–Crippen MR) is 163 cm³/mol. The molecule has 1 aliphatic heterocycles. The van der Waals surface area contributed by atoms with Crippen LogP contribution in [0.25, 0.3) is 5.69 Å². The molecular formula is C33H34ClN3O5. The Morgan fingerprint density at radius 3 is 2.36 bits per heavy atom. The summed E-state index contributed by atoms with van der Waals surface area (Å²) < 4.78 is 19.1. The minimum absolute atomic E-state index is 0.110. The molecule has 218 valence electrons. The summed E-state index contributed by atoms with van der Waals surface area (Å²) in [7, 11) is 3.22. The van der Waals surface area contributed by atoms with Gasteiger partial charge < -0.3 is 23.7 Å². The van der Waals surface area contributed by atoms with Crippen molar-refractivity contribution in [2.75, 3.05) is 38.8 Å². The standard InChI is InChI=1S/C33H34ClN3O5/c1-4-5-18-35(32(39)22-42-24-14-12-23(34)13-15-24)21-31(38)37-28-10-7-6-9-27(28)36-19-8-11-29(36)33(37)26-20-25(40-2)16-17-30(26)41-3/h6-17,19-20,33H,4-5,18,21-22H2,1-3H3. The SMILES string of the molecule is CCCCN(CC(=O)N1c2ccccc2-n2cccc2C1c1cc(OC)ccc1OC)C(=O)COc1ccc(Cl)cc1. The number of hydrogen-bond acceptors (Lipinski definition) is 5. The Bertz CT molecular complexity index is 1550. The van der Waals surface area contributed by atoms with Gasteiger partial charge in [0.15, 0.2) is 6.61 Å². The van der Waals surface area contributed by atoms with E-state index in [9.17, 15) is 9.59 Å². The van der Waals surface area contributed by atoms with Crippen molar-refractivity contribution >= 4 is 29.1 Å². The smallest absolute Gasteiger partial charge is 0.260 e. The molecule has 1 atom stereocenters. The second kappa shape index (κ2) is 13.0. The highest BCUT2D eigenvalue weighted by atomic mass is 35.5. The topological polar surface area (TPSA) is 73.2 Å². The van der Waals surface area contributed by atoms with E-state index in [2.05, 4.69) is 11.5 Å². The zero-order chi connectivity index (χ0) is 29.6. The molecule has 5 rings (SSSR count). The third kappa shape index (κ3) is 5.94. The number of fused-ring (bicyclic) bond motifs is 3. The Labute approximate surface area is 251 Å². The van der Waals surface area contributed by atoms with E-state index >= 15 is 0 Å². The van der Waals surface area contributed by atoms with Gasteiger partial charge in [0, 0.05) is 23.3 Å². The second-order valence-corrected chi connectivity index (χ2v) is 10.4. The van der Waals surface area contributed by atoms with Gasteiger partial charge in [0.25, 0.3) is 5.91 Å². The van der Waals surface area contributed by atoms with Gasteiger partial charge >= 0.3 is 0 Å². The number of nitrogens with zero attached hydrogens (tertiary/aromatic N) is 3. The van der Waals surface area contributed by atoms with Gasteiger partial charge in [0.1, 0.15) is 29.8 Å². The number of ether oxygens (including phenoxy) is 3. The van der Waals surface area contributed by atoms with Crippen molar-refractivity contribution in [3.8, 4) is 22.9 Å². The van der Waals surface area contributed by atoms with E-state index in [1.54, 1.807) is 48.3 Å². The van der Waals surface area contributed by atoms with E-state index in [0.29, 0.717) is 28.8 Å². The van der Waals surface area contributed by atoms with Gasteiger partial charge in [-0.2, -0.15) is 0 Å². The molecule has 1 aliphatic rings. The maximum absolute atomic E-state index is 14.4. The van der Waals surface area contributed by atoms with Gasteiger partial charge in [0.05, 0.1) is 31.3 Å². The first-order chi connectivity index (χ1) is 20.4. The van der Waals surface area contributed by atoms with E-state index in [1.807, 2.05) is 60.8 Å². The Morgan fingerprint density at radius 2 is 1.64 bits per heavy atom. The number of rotatable bonds is 11. The van der Waals surface area contributed by atoms with Crippen molar-refractivity contribution in [1.29, 1.82) is 0 Å². The predicted octanol–water partition coefficient (Wildman–Crippen LogP) is 6.29. The van der Waals surface area contributed by atoms with Gasteiger partial charge in [-0.1, -0.05) is 37.1 Å². The lowest BCUT2D eigenvalue weighted by molar-refractivity contribution is -0.137. The van der Waals surface area contributed by atoms with Gasteiger partial charge in [0.2, 0.25) is 5.91 Å². The minimum atomic E-state index is -0.527. The zero-order valence-electron chi connectivity index (χ0n) is 24.0. The first-order valence-electron chi connectivity index (χ1n) is 13.9. The Morgan fingerprint density at radius 1 is 0.905 bits per heavy atom. The Kier molecular flexibility index (Phi) is 9.03. The molecule has 0 N–H and O–H groups in total. The Balaban J connectivity index is 1.50. The van der Waals surface area contributed by atoms with Crippen molar-refractivity contribution in [2.24, 2.45) is 0 Å². The van der Waals surface area contributed by atoms with Crippen molar-refractivity contribution in [3.05, 3.63) is 101 Å². The number of carbonyl (C=O) groups is 2. The molecule has 0 spiro atoms. The van der Waals surface area contributed by atoms with E-state index < -0.39 is 6.04 Å². The lowest BCUT2D eigenvalue weighted by Gasteiger charge is -2.40. The fraction of sp³-hybridized carbons (Fsp3) is 0.273. The highest BCUT2D eigenvalue weighted by Crippen LogP contribution is 2.45. The van der Waals surface area contributed by atoms with Crippen LogP contribution in [0.15, 0.2) is 85.1 Å². The second-order valence-electron chi connectivity index (χ2n) is 9.98. The number of unbranched alkanes of at least 4 members (excludes halogenated alkanes) is 1. The van der Waals surface area contributed by atoms with Gasteiger partial charge in [-0.25, -0.2) is 0 Å². The van der Waals surface area contributed by atoms with Crippen LogP contribution in [0.4, 0.5) is 5.69 Å². The van der Waals surface area contributed by atoms with Crippen molar-refractivity contribution < 1.29 is 23.8 Å². The van der Waals surface area contributed by atoms with E-state index in [-0.39, 0.29) is 25.0 Å². The van der Waals surface area contributed by atoms with Crippen molar-refractivity contribution in [3.63, 3.8) is 0 Å². The number of hydrogen-bond donors (Lipinski definition) is 0. The number of carbonyl (C=O) groups excluding carboxylic acids is 2. The van der Waals surface area contributed by atoms with Crippen LogP contribution >= 0.6 is 11.6 Å². The monoisotopic (exact) mass is 587 g/mol. The number of aromatic nitrogens is 1. The molecule has 0 fully saturated rings. The van der Waals surface area contributed by atoms with Gasteiger partial charge in [-0.15, -0.1) is 0 Å². The highest BCUT2D eigenvalue weighted by Gasteiger charge is 2.38. The molecule has 4 aromatic rings. The third-order valence-corrected chi connectivity index (χ3v) is 7.61. The van der Waals surface area contributed by atoms with E-state index in [4.69, 9.17) is 25.8 Å². The highest BCUT2D eigenvalue weighted by molar-refractivity contribution is 6.30. The molecule has 1 aromatic heterocycles. The normalized spacial score (nSPS) is 13.6. The van der Waals surface area contributed by atoms with Crippen LogP contribution in [0, 0.1) is 0 Å². The summed E-state index contributed by atoms with van der Waals surface area (Å²) >= 11 is 5.98. The first-order valence-corrected chi connectivity index (χ1v) is 14.3. The Hall–Kier alpha value is -4.43. The molecule has 0 saturated carbocycles. The van der Waals surface area contributed by atoms with E-state index in [1.165, 1.54) is 0 Å². The van der Waals surface area contributed by atoms with Crippen LogP contribution in [0.1, 0.15) is 37.1 Å². The molecule has 0 bridgehead atoms. The number of halogens is 1. The quantitative estimate of drug-likeness (QED) is 0.206. The van der Waals surface area contributed by atoms with Crippen LogP contribution in [0.5, 0.6) is 17.2 Å². The van der Waals surface area contributed by atoms with Gasteiger partial charge in [-0.3, -0.25) is 14.5 Å². The summed E-state index contributed by atoms with van der Waals surface area (Å²) in [4.78, 5) is 31.2. The fourth-order valence-corrected chi connectivity index (χ4v) is 5.38. The summed E-state index contributed by atoms with van der Waals surface area (Å²) in [6.07, 6.45) is 3.62.